The van der Waals surface area contributed by atoms with Crippen molar-refractivity contribution in [3.8, 4) is 11.4 Å². The van der Waals surface area contributed by atoms with Gasteiger partial charge < -0.3 is 9.30 Å². The van der Waals surface area contributed by atoms with Gasteiger partial charge in [0.2, 0.25) is 0 Å². The summed E-state index contributed by atoms with van der Waals surface area (Å²) in [4.78, 5) is 18.4. The highest BCUT2D eigenvalue weighted by atomic mass is 35.5. The highest BCUT2D eigenvalue weighted by molar-refractivity contribution is 8.16. The van der Waals surface area contributed by atoms with Gasteiger partial charge in [0.25, 0.3) is 5.91 Å². The summed E-state index contributed by atoms with van der Waals surface area (Å²) in [7, 11) is 1.62. The second kappa shape index (κ2) is 7.24. The van der Waals surface area contributed by atoms with Gasteiger partial charge in [-0.05, 0) is 62.1 Å². The maximum atomic E-state index is 12.6. The van der Waals surface area contributed by atoms with Gasteiger partial charge in [0.05, 0.1) is 18.4 Å². The number of nitrogens with zero attached hydrogens (tertiary/aromatic N) is 3. The summed E-state index contributed by atoms with van der Waals surface area (Å²) >= 11 is 7.57. The molecule has 0 saturated carbocycles. The Hall–Kier alpha value is -2.77. The number of halogens is 1. The molecular weight excluding hydrogens is 408 g/mol. The van der Waals surface area contributed by atoms with E-state index in [0.29, 0.717) is 15.9 Å². The molecule has 1 amide bonds. The number of amidine groups is 2. The molecule has 8 heteroatoms. The van der Waals surface area contributed by atoms with Gasteiger partial charge in [0.1, 0.15) is 11.6 Å². The van der Waals surface area contributed by atoms with Crippen LogP contribution < -0.4 is 4.74 Å². The van der Waals surface area contributed by atoms with Crippen LogP contribution in [0.3, 0.4) is 0 Å². The van der Waals surface area contributed by atoms with Gasteiger partial charge in [-0.2, -0.15) is 4.99 Å². The van der Waals surface area contributed by atoms with Crippen molar-refractivity contribution >= 4 is 46.3 Å². The number of carbonyl (C=O) groups excluding carboxylic acids is 1. The van der Waals surface area contributed by atoms with Crippen molar-refractivity contribution in [3.63, 3.8) is 0 Å². The van der Waals surface area contributed by atoms with Crippen molar-refractivity contribution in [3.05, 3.63) is 62.9 Å². The number of methoxy groups -OCH3 is 1. The number of fused-ring (bicyclic) bond motifs is 1. The number of allylic oxidation sites excluding steroid dienone is 1. The minimum absolute atomic E-state index is 0.142. The van der Waals surface area contributed by atoms with E-state index in [2.05, 4.69) is 4.99 Å². The molecule has 2 aliphatic rings. The van der Waals surface area contributed by atoms with Crippen LogP contribution in [0.4, 0.5) is 0 Å². The Bertz CT molecular complexity index is 1160. The zero-order valence-corrected chi connectivity index (χ0v) is 18.0. The molecule has 0 radical (unpaired) electrons. The average Bonchev–Trinajstić information content (AvgIpc) is 3.17. The number of thioether (sulfide) groups is 1. The van der Waals surface area contributed by atoms with E-state index in [4.69, 9.17) is 21.7 Å². The molecule has 0 unspecified atom stereocenters. The molecule has 2 aliphatic heterocycles. The van der Waals surface area contributed by atoms with Crippen molar-refractivity contribution in [2.45, 2.75) is 20.8 Å². The highest BCUT2D eigenvalue weighted by Gasteiger charge is 2.34. The molecule has 0 fully saturated rings. The first kappa shape index (κ1) is 19.5. The van der Waals surface area contributed by atoms with E-state index >= 15 is 0 Å². The predicted octanol–water partition coefficient (Wildman–Crippen LogP) is 4.92. The van der Waals surface area contributed by atoms with Crippen LogP contribution in [-0.2, 0) is 4.79 Å². The van der Waals surface area contributed by atoms with E-state index in [0.717, 1.165) is 28.3 Å². The molecule has 0 aliphatic carbocycles. The lowest BCUT2D eigenvalue weighted by Crippen LogP contribution is -2.37. The lowest BCUT2D eigenvalue weighted by atomic mass is 10.1. The predicted molar refractivity (Wildman–Crippen MR) is 118 cm³/mol. The van der Waals surface area contributed by atoms with E-state index < -0.39 is 5.91 Å². The summed E-state index contributed by atoms with van der Waals surface area (Å²) in [6.07, 6.45) is 1.73. The molecule has 29 heavy (non-hydrogen) atoms. The largest absolute Gasteiger partial charge is 0.495 e. The summed E-state index contributed by atoms with van der Waals surface area (Å²) < 4.78 is 7.53. The molecular formula is C21H19ClN4O2S. The van der Waals surface area contributed by atoms with Crippen LogP contribution in [0, 0.1) is 19.3 Å². The normalized spacial score (nSPS) is 17.6. The fourth-order valence-electron chi connectivity index (χ4n) is 3.54. The minimum atomic E-state index is -0.401. The molecule has 148 valence electrons. The fourth-order valence-corrected chi connectivity index (χ4v) is 4.56. The second-order valence-corrected chi connectivity index (χ2v) is 8.07. The summed E-state index contributed by atoms with van der Waals surface area (Å²) in [5.74, 6) is 0.437. The Labute approximate surface area is 178 Å². The van der Waals surface area contributed by atoms with E-state index in [9.17, 15) is 4.79 Å². The molecule has 0 atom stereocenters. The topological polar surface area (TPSA) is 70.7 Å². The molecule has 0 bridgehead atoms. The molecule has 6 nitrogen and oxygen atoms in total. The number of carbonyl (C=O) groups is 1. The lowest BCUT2D eigenvalue weighted by molar-refractivity contribution is -0.114. The summed E-state index contributed by atoms with van der Waals surface area (Å²) in [6, 6.07) is 7.43. The number of hydrogen-bond donors (Lipinski definition) is 1. The monoisotopic (exact) mass is 426 g/mol. The smallest absolute Gasteiger partial charge is 0.283 e. The van der Waals surface area contributed by atoms with Crippen LogP contribution >= 0.6 is 23.4 Å². The number of aromatic nitrogens is 1. The Morgan fingerprint density at radius 1 is 1.24 bits per heavy atom. The van der Waals surface area contributed by atoms with Crippen LogP contribution in [0.1, 0.15) is 23.9 Å². The number of nitrogens with one attached hydrogen (secondary N) is 1. The number of benzene rings is 1. The van der Waals surface area contributed by atoms with Gasteiger partial charge in [-0.1, -0.05) is 23.4 Å². The fraction of sp³-hybridized carbons (Fsp3) is 0.190. The SMILES string of the molecule is COc1ccc(Cl)cc1-n1c(C)cc(/C=C2\C(=N)N3C(C)=CSC3=NC2=O)c1C. The highest BCUT2D eigenvalue weighted by Crippen LogP contribution is 2.34. The van der Waals surface area contributed by atoms with Crippen molar-refractivity contribution in [1.82, 2.24) is 9.47 Å². The first-order valence-electron chi connectivity index (χ1n) is 8.92. The first-order valence-corrected chi connectivity index (χ1v) is 10.2. The third-order valence-corrected chi connectivity index (χ3v) is 6.12. The lowest BCUT2D eigenvalue weighted by Gasteiger charge is -2.25. The zero-order valence-electron chi connectivity index (χ0n) is 16.4. The number of aliphatic imine (C=N–C) groups is 1. The van der Waals surface area contributed by atoms with Crippen LogP contribution in [0.5, 0.6) is 5.75 Å². The van der Waals surface area contributed by atoms with Crippen LogP contribution in [0.15, 0.2) is 45.9 Å². The molecule has 0 saturated heterocycles. The van der Waals surface area contributed by atoms with Gasteiger partial charge in [-0.25, -0.2) is 0 Å². The number of amides is 1. The molecule has 1 aromatic carbocycles. The minimum Gasteiger partial charge on any atom is -0.495 e. The van der Waals surface area contributed by atoms with Gasteiger partial charge in [0, 0.05) is 22.1 Å². The third-order valence-electron chi connectivity index (χ3n) is 4.94. The Balaban J connectivity index is 1.82. The first-order chi connectivity index (χ1) is 13.8. The Kier molecular flexibility index (Phi) is 4.88. The zero-order chi connectivity index (χ0) is 20.9. The van der Waals surface area contributed by atoms with Crippen LogP contribution in [0.2, 0.25) is 5.02 Å². The van der Waals surface area contributed by atoms with E-state index in [1.165, 1.54) is 11.8 Å². The van der Waals surface area contributed by atoms with E-state index in [-0.39, 0.29) is 11.4 Å². The second-order valence-electron chi connectivity index (χ2n) is 6.80. The molecule has 3 heterocycles. The van der Waals surface area contributed by atoms with Crippen LogP contribution in [0.25, 0.3) is 11.8 Å². The maximum Gasteiger partial charge on any atom is 0.283 e. The van der Waals surface area contributed by atoms with Crippen molar-refractivity contribution in [2.75, 3.05) is 7.11 Å². The third kappa shape index (κ3) is 3.20. The quantitative estimate of drug-likeness (QED) is 0.707. The van der Waals surface area contributed by atoms with Gasteiger partial charge in [-0.3, -0.25) is 15.1 Å². The molecule has 0 spiro atoms. The van der Waals surface area contributed by atoms with Gasteiger partial charge >= 0.3 is 0 Å². The summed E-state index contributed by atoms with van der Waals surface area (Å²) in [5.41, 5.74) is 4.67. The van der Waals surface area contributed by atoms with Crippen molar-refractivity contribution in [2.24, 2.45) is 4.99 Å². The van der Waals surface area contributed by atoms with Gasteiger partial charge in [0.15, 0.2) is 5.17 Å². The standard InChI is InChI=1S/C21H19ClN4O2S/c1-11-7-14(13(3)25(11)17-9-15(22)5-6-18(17)28-4)8-16-19(23)26-12(2)10-29-21(26)24-20(16)27/h5-10,23H,1-4H3/b16-8+,23-19?. The number of hydrogen-bond acceptors (Lipinski definition) is 4. The molecule has 2 aromatic rings. The maximum absolute atomic E-state index is 12.6. The number of aryl methyl sites for hydroxylation is 1. The van der Waals surface area contributed by atoms with Crippen LogP contribution in [-0.4, -0.2) is 33.5 Å². The molecule has 1 aromatic heterocycles. The van der Waals surface area contributed by atoms with E-state index in [1.54, 1.807) is 24.2 Å². The number of ether oxygens (including phenoxy) is 1. The Morgan fingerprint density at radius 3 is 2.72 bits per heavy atom. The summed E-state index contributed by atoms with van der Waals surface area (Å²) in [5, 5.41) is 11.6. The molecule has 1 N–H and O–H groups in total. The Morgan fingerprint density at radius 2 is 2.00 bits per heavy atom. The van der Waals surface area contributed by atoms with E-state index in [1.807, 2.05) is 48.9 Å². The van der Waals surface area contributed by atoms with Gasteiger partial charge in [-0.15, -0.1) is 0 Å². The average molecular weight is 427 g/mol. The van der Waals surface area contributed by atoms with Crippen molar-refractivity contribution < 1.29 is 9.53 Å². The molecule has 4 rings (SSSR count). The number of rotatable bonds is 3. The summed E-state index contributed by atoms with van der Waals surface area (Å²) in [6.45, 7) is 5.83. The van der Waals surface area contributed by atoms with Crippen molar-refractivity contribution in [1.29, 1.82) is 5.41 Å².